The number of para-hydroxylation sites is 1. The van der Waals surface area contributed by atoms with Gasteiger partial charge in [0.15, 0.2) is 0 Å². The number of fused-ring (bicyclic) bond motifs is 1. The fourth-order valence-electron chi connectivity index (χ4n) is 3.02. The van der Waals surface area contributed by atoms with E-state index in [1.165, 1.54) is 14.2 Å². The number of aromatic nitrogens is 1. The van der Waals surface area contributed by atoms with E-state index in [0.29, 0.717) is 18.7 Å². The number of amides is 1. The van der Waals surface area contributed by atoms with Crippen LogP contribution >= 0.6 is 22.7 Å². The number of thiophene rings is 1. The molecule has 0 aliphatic heterocycles. The molecule has 2 aromatic heterocycles. The Hall–Kier alpha value is -2.82. The summed E-state index contributed by atoms with van der Waals surface area (Å²) in [6.07, 6.45) is 0.215. The number of ether oxygens (including phenoxy) is 2. The molecule has 31 heavy (non-hydrogen) atoms. The highest BCUT2D eigenvalue weighted by Gasteiger charge is 2.26. The highest BCUT2D eigenvalue weighted by Crippen LogP contribution is 2.34. The van der Waals surface area contributed by atoms with Gasteiger partial charge in [0.25, 0.3) is 0 Å². The Balaban J connectivity index is 1.63. The monoisotopic (exact) mass is 461 g/mol. The lowest BCUT2D eigenvalue weighted by Crippen LogP contribution is -2.24. The number of thiazole rings is 1. The minimum Gasteiger partial charge on any atom is -0.465 e. The fraction of sp³-hybridized carbons (Fsp3) is 0.333. The molecule has 1 amide bonds. The Morgan fingerprint density at radius 2 is 1.81 bits per heavy atom. The van der Waals surface area contributed by atoms with E-state index in [1.54, 1.807) is 18.3 Å². The third kappa shape index (κ3) is 5.27. The third-order valence-corrected chi connectivity index (χ3v) is 6.83. The van der Waals surface area contributed by atoms with Gasteiger partial charge >= 0.3 is 11.9 Å². The van der Waals surface area contributed by atoms with Crippen LogP contribution in [0.25, 0.3) is 10.2 Å². The van der Waals surface area contributed by atoms with Gasteiger partial charge in [-0.2, -0.15) is 0 Å². The highest BCUT2D eigenvalue weighted by atomic mass is 32.1. The maximum atomic E-state index is 12.5. The van der Waals surface area contributed by atoms with Crippen molar-refractivity contribution < 1.29 is 23.9 Å². The van der Waals surface area contributed by atoms with Crippen LogP contribution in [0.15, 0.2) is 24.3 Å². The molecule has 0 radical (unpaired) electrons. The number of methoxy groups -OCH3 is 2. The molecule has 0 spiro atoms. The molecule has 164 valence electrons. The number of nitrogens with zero attached hydrogens (tertiary/aromatic N) is 2. The molecule has 1 aromatic carbocycles. The zero-order valence-corrected chi connectivity index (χ0v) is 19.3. The van der Waals surface area contributed by atoms with E-state index in [-0.39, 0.29) is 27.8 Å². The first-order valence-electron chi connectivity index (χ1n) is 9.46. The zero-order valence-electron chi connectivity index (χ0n) is 17.7. The molecule has 0 atom stereocenters. The summed E-state index contributed by atoms with van der Waals surface area (Å²) >= 11 is 2.63. The van der Waals surface area contributed by atoms with Gasteiger partial charge in [-0.05, 0) is 31.7 Å². The Labute approximate surface area is 187 Å². The van der Waals surface area contributed by atoms with Crippen LogP contribution in [0.5, 0.6) is 0 Å². The van der Waals surface area contributed by atoms with Crippen LogP contribution in [-0.4, -0.2) is 55.5 Å². The Bertz CT molecular complexity index is 1090. The molecule has 1 N–H and O–H groups in total. The molecule has 0 bridgehead atoms. The van der Waals surface area contributed by atoms with Crippen LogP contribution < -0.4 is 5.32 Å². The normalized spacial score (nSPS) is 11.0. The average molecular weight is 462 g/mol. The van der Waals surface area contributed by atoms with Gasteiger partial charge < -0.3 is 14.8 Å². The van der Waals surface area contributed by atoms with Gasteiger partial charge in [-0.3, -0.25) is 9.69 Å². The molecule has 3 aromatic rings. The van der Waals surface area contributed by atoms with Gasteiger partial charge in [0, 0.05) is 13.0 Å². The van der Waals surface area contributed by atoms with Crippen molar-refractivity contribution in [2.45, 2.75) is 19.9 Å². The number of rotatable bonds is 8. The van der Waals surface area contributed by atoms with Crippen LogP contribution in [-0.2, 0) is 20.8 Å². The summed E-state index contributed by atoms with van der Waals surface area (Å²) in [5.41, 5.74) is 1.56. The van der Waals surface area contributed by atoms with E-state index in [1.807, 2.05) is 36.2 Å². The van der Waals surface area contributed by atoms with Crippen molar-refractivity contribution >= 4 is 55.7 Å². The Morgan fingerprint density at radius 3 is 2.48 bits per heavy atom. The number of carbonyl (C=O) groups excluding carboxylic acids is 3. The number of hydrogen-bond acceptors (Lipinski definition) is 9. The molecular formula is C21H23N3O5S2. The number of anilines is 1. The summed E-state index contributed by atoms with van der Waals surface area (Å²) < 4.78 is 10.7. The van der Waals surface area contributed by atoms with Crippen molar-refractivity contribution in [1.29, 1.82) is 0 Å². The molecule has 0 aliphatic rings. The van der Waals surface area contributed by atoms with Gasteiger partial charge in [0.2, 0.25) is 5.91 Å². The van der Waals surface area contributed by atoms with Crippen LogP contribution in [0.3, 0.4) is 0 Å². The van der Waals surface area contributed by atoms with Crippen LogP contribution in [0, 0.1) is 6.92 Å². The number of nitrogens with one attached hydrogen (secondary N) is 1. The standard InChI is InChI=1S/C21H23N3O5S2/c1-12-17(20(26)28-3)19(31-18(12)21(27)29-4)23-15(25)9-10-24(2)11-16-22-13-7-5-6-8-14(13)30-16/h5-8H,9-11H2,1-4H3,(H,23,25). The second-order valence-electron chi connectivity index (χ2n) is 6.85. The van der Waals surface area contributed by atoms with Crippen LogP contribution in [0.1, 0.15) is 37.0 Å². The molecule has 3 rings (SSSR count). The number of carbonyl (C=O) groups is 3. The predicted molar refractivity (Wildman–Crippen MR) is 121 cm³/mol. The molecule has 0 unspecified atom stereocenters. The van der Waals surface area contributed by atoms with Crippen molar-refractivity contribution in [2.24, 2.45) is 0 Å². The first-order chi connectivity index (χ1) is 14.8. The van der Waals surface area contributed by atoms with Crippen molar-refractivity contribution in [2.75, 3.05) is 33.1 Å². The Morgan fingerprint density at radius 1 is 1.10 bits per heavy atom. The van der Waals surface area contributed by atoms with E-state index >= 15 is 0 Å². The van der Waals surface area contributed by atoms with Gasteiger partial charge in [0.05, 0.1) is 36.5 Å². The van der Waals surface area contributed by atoms with Crippen LogP contribution in [0.2, 0.25) is 0 Å². The molecular weight excluding hydrogens is 438 g/mol. The minimum atomic E-state index is -0.618. The quantitative estimate of drug-likeness (QED) is 0.511. The van der Waals surface area contributed by atoms with E-state index < -0.39 is 11.9 Å². The molecule has 10 heteroatoms. The van der Waals surface area contributed by atoms with Crippen LogP contribution in [0.4, 0.5) is 5.00 Å². The van der Waals surface area contributed by atoms with E-state index in [9.17, 15) is 14.4 Å². The third-order valence-electron chi connectivity index (χ3n) is 4.62. The van der Waals surface area contributed by atoms with Gasteiger partial charge in [-0.25, -0.2) is 14.6 Å². The summed E-state index contributed by atoms with van der Waals surface area (Å²) in [7, 11) is 4.43. The topological polar surface area (TPSA) is 97.8 Å². The SMILES string of the molecule is COC(=O)c1sc(NC(=O)CCN(C)Cc2nc3ccccc3s2)c(C(=O)OC)c1C. The van der Waals surface area contributed by atoms with E-state index in [0.717, 1.165) is 26.6 Å². The smallest absolute Gasteiger partial charge is 0.348 e. The molecule has 8 nitrogen and oxygen atoms in total. The summed E-state index contributed by atoms with van der Waals surface area (Å²) in [5, 5.41) is 4.00. The Kier molecular flexibility index (Phi) is 7.37. The predicted octanol–water partition coefficient (Wildman–Crippen LogP) is 3.70. The van der Waals surface area contributed by atoms with Crippen molar-refractivity contribution in [3.05, 3.63) is 45.3 Å². The molecule has 0 aliphatic carbocycles. The van der Waals surface area contributed by atoms with Crippen molar-refractivity contribution in [3.63, 3.8) is 0 Å². The molecule has 0 fully saturated rings. The molecule has 2 heterocycles. The minimum absolute atomic E-state index is 0.170. The lowest BCUT2D eigenvalue weighted by Gasteiger charge is -2.14. The molecule has 0 saturated carbocycles. The highest BCUT2D eigenvalue weighted by molar-refractivity contribution is 7.19. The lowest BCUT2D eigenvalue weighted by atomic mass is 10.1. The second-order valence-corrected chi connectivity index (χ2v) is 8.99. The number of hydrogen-bond donors (Lipinski definition) is 1. The summed E-state index contributed by atoms with van der Waals surface area (Å²) in [6, 6.07) is 7.96. The molecule has 0 saturated heterocycles. The number of benzene rings is 1. The summed E-state index contributed by atoms with van der Waals surface area (Å²) in [5.74, 6) is -1.45. The second kappa shape index (κ2) is 9.99. The average Bonchev–Trinajstić information content (AvgIpc) is 3.31. The van der Waals surface area contributed by atoms with E-state index in [2.05, 4.69) is 10.3 Å². The lowest BCUT2D eigenvalue weighted by molar-refractivity contribution is -0.116. The van der Waals surface area contributed by atoms with Crippen molar-refractivity contribution in [1.82, 2.24) is 9.88 Å². The summed E-state index contributed by atoms with van der Waals surface area (Å²) in [6.45, 7) is 2.75. The first kappa shape index (κ1) is 22.9. The first-order valence-corrected chi connectivity index (χ1v) is 11.1. The fourth-order valence-corrected chi connectivity index (χ4v) is 5.19. The van der Waals surface area contributed by atoms with Gasteiger partial charge in [-0.15, -0.1) is 22.7 Å². The largest absolute Gasteiger partial charge is 0.465 e. The maximum absolute atomic E-state index is 12.5. The van der Waals surface area contributed by atoms with Gasteiger partial charge in [-0.1, -0.05) is 12.1 Å². The van der Waals surface area contributed by atoms with Gasteiger partial charge in [0.1, 0.15) is 14.9 Å². The maximum Gasteiger partial charge on any atom is 0.348 e. The van der Waals surface area contributed by atoms with Crippen molar-refractivity contribution in [3.8, 4) is 0 Å². The van der Waals surface area contributed by atoms with E-state index in [4.69, 9.17) is 9.47 Å². The summed E-state index contributed by atoms with van der Waals surface area (Å²) in [4.78, 5) is 43.5. The number of esters is 2. The zero-order chi connectivity index (χ0) is 22.5.